The average Bonchev–Trinajstić information content (AvgIpc) is 2.53. The quantitative estimate of drug-likeness (QED) is 0.578. The molecule has 0 saturated heterocycles. The molecular weight excluding hydrogens is 339 g/mol. The van der Waals surface area contributed by atoms with Crippen LogP contribution >= 0.6 is 0 Å². The second-order valence-corrected chi connectivity index (χ2v) is 5.54. The number of benzene rings is 1. The molecule has 1 rings (SSSR count). The van der Waals surface area contributed by atoms with Gasteiger partial charge in [0, 0.05) is 27.1 Å². The molecule has 140 valence electrons. The van der Waals surface area contributed by atoms with E-state index >= 15 is 0 Å². The van der Waals surface area contributed by atoms with Gasteiger partial charge in [-0.15, -0.1) is 0 Å². The number of unbranched alkanes of at least 4 members (excludes halogenated alkanes) is 1. The number of carbonyl (C=O) groups excluding carboxylic acids is 2. The van der Waals surface area contributed by atoms with E-state index in [9.17, 15) is 22.8 Å². The lowest BCUT2D eigenvalue weighted by Crippen LogP contribution is -2.30. The topological polar surface area (TPSA) is 70.7 Å². The molecule has 0 aromatic heterocycles. The van der Waals surface area contributed by atoms with Crippen molar-refractivity contribution in [1.82, 2.24) is 5.32 Å². The maximum atomic E-state index is 12.8. The summed E-state index contributed by atoms with van der Waals surface area (Å²) in [6, 6.07) is 2.55. The van der Waals surface area contributed by atoms with Crippen molar-refractivity contribution in [3.63, 3.8) is 0 Å². The first-order chi connectivity index (χ1) is 11.6. The summed E-state index contributed by atoms with van der Waals surface area (Å²) in [5, 5.41) is 4.98. The van der Waals surface area contributed by atoms with Crippen LogP contribution < -0.4 is 15.5 Å². The number of hydrogen-bond acceptors (Lipinski definition) is 4. The van der Waals surface area contributed by atoms with E-state index in [1.54, 1.807) is 19.0 Å². The third kappa shape index (κ3) is 6.90. The first-order valence-corrected chi connectivity index (χ1v) is 7.65. The van der Waals surface area contributed by atoms with Gasteiger partial charge in [-0.1, -0.05) is 0 Å². The normalized spacial score (nSPS) is 11.0. The van der Waals surface area contributed by atoms with Crippen molar-refractivity contribution < 1.29 is 27.5 Å². The van der Waals surface area contributed by atoms with Crippen molar-refractivity contribution in [1.29, 1.82) is 0 Å². The van der Waals surface area contributed by atoms with Crippen molar-refractivity contribution in [2.75, 3.05) is 38.0 Å². The number of rotatable bonds is 7. The molecule has 0 spiro atoms. The molecule has 9 heteroatoms. The van der Waals surface area contributed by atoms with Crippen LogP contribution in [-0.4, -0.2) is 39.8 Å². The summed E-state index contributed by atoms with van der Waals surface area (Å²) in [6.45, 7) is 0.291. The van der Waals surface area contributed by atoms with Crippen LogP contribution in [0.4, 0.5) is 29.3 Å². The number of nitrogens with one attached hydrogen (secondary N) is 2. The van der Waals surface area contributed by atoms with Crippen LogP contribution in [0.15, 0.2) is 18.2 Å². The molecule has 0 saturated carbocycles. The van der Waals surface area contributed by atoms with E-state index in [1.165, 1.54) is 13.2 Å². The van der Waals surface area contributed by atoms with Crippen molar-refractivity contribution in [3.05, 3.63) is 23.8 Å². The second-order valence-electron chi connectivity index (χ2n) is 5.54. The molecule has 1 aromatic carbocycles. The fraction of sp³-hybridized carbons (Fsp3) is 0.500. The minimum atomic E-state index is -4.49. The highest BCUT2D eigenvalue weighted by Crippen LogP contribution is 2.34. The van der Waals surface area contributed by atoms with Crippen molar-refractivity contribution in [2.45, 2.75) is 25.4 Å². The smallest absolute Gasteiger partial charge is 0.416 e. The van der Waals surface area contributed by atoms with Crippen molar-refractivity contribution in [3.8, 4) is 0 Å². The lowest BCUT2D eigenvalue weighted by Gasteiger charge is -2.20. The van der Waals surface area contributed by atoms with Gasteiger partial charge in [-0.3, -0.25) is 4.79 Å². The van der Waals surface area contributed by atoms with E-state index in [0.29, 0.717) is 25.1 Å². The molecule has 2 amide bonds. The minimum absolute atomic E-state index is 0.0619. The Kier molecular flexibility index (Phi) is 7.53. The Morgan fingerprint density at radius 2 is 1.88 bits per heavy atom. The average molecular weight is 361 g/mol. The number of anilines is 2. The first kappa shape index (κ1) is 20.6. The van der Waals surface area contributed by atoms with Crippen LogP contribution in [0.1, 0.15) is 24.8 Å². The van der Waals surface area contributed by atoms with Crippen LogP contribution in [0.2, 0.25) is 0 Å². The van der Waals surface area contributed by atoms with Gasteiger partial charge < -0.3 is 20.3 Å². The molecule has 0 heterocycles. The highest BCUT2D eigenvalue weighted by molar-refractivity contribution is 5.93. The molecule has 0 atom stereocenters. The number of ether oxygens (including phenoxy) is 1. The molecule has 1 aromatic rings. The second kappa shape index (κ2) is 9.14. The molecule has 0 fully saturated rings. The van der Waals surface area contributed by atoms with Crippen LogP contribution in [0.3, 0.4) is 0 Å². The Bertz CT molecular complexity index is 604. The summed E-state index contributed by atoms with van der Waals surface area (Å²) in [6.07, 6.45) is -3.16. The number of carbonyl (C=O) groups is 2. The SMILES string of the molecule is COC(=O)CCCCNC(=O)Nc1cc(C(F)(F)F)ccc1N(C)C. The van der Waals surface area contributed by atoms with E-state index in [1.807, 2.05) is 0 Å². The standard InChI is InChI=1S/C16H22F3N3O3/c1-22(2)13-8-7-11(16(17,18)19)10-12(13)21-15(24)20-9-5-4-6-14(23)25-3/h7-8,10H,4-6,9H2,1-3H3,(H2,20,21,24). The Hall–Kier alpha value is -2.45. The van der Waals surface area contributed by atoms with Gasteiger partial charge in [0.25, 0.3) is 0 Å². The monoisotopic (exact) mass is 361 g/mol. The lowest BCUT2D eigenvalue weighted by atomic mass is 10.1. The molecule has 2 N–H and O–H groups in total. The van der Waals surface area contributed by atoms with Gasteiger partial charge in [0.05, 0.1) is 24.0 Å². The van der Waals surface area contributed by atoms with Gasteiger partial charge in [-0.2, -0.15) is 13.2 Å². The molecule has 0 bridgehead atoms. The minimum Gasteiger partial charge on any atom is -0.469 e. The third-order valence-electron chi connectivity index (χ3n) is 3.37. The van der Waals surface area contributed by atoms with Crippen molar-refractivity contribution >= 4 is 23.4 Å². The molecule has 25 heavy (non-hydrogen) atoms. The predicted octanol–water partition coefficient (Wildman–Crippen LogP) is 3.24. The summed E-state index contributed by atoms with van der Waals surface area (Å²) in [7, 11) is 4.63. The number of urea groups is 1. The van der Waals surface area contributed by atoms with Gasteiger partial charge in [0.2, 0.25) is 0 Å². The van der Waals surface area contributed by atoms with Crippen LogP contribution in [0, 0.1) is 0 Å². The predicted molar refractivity (Wildman–Crippen MR) is 88.7 cm³/mol. The molecule has 0 radical (unpaired) electrons. The van der Waals surface area contributed by atoms with Crippen LogP contribution in [0.5, 0.6) is 0 Å². The van der Waals surface area contributed by atoms with Crippen LogP contribution in [-0.2, 0) is 15.7 Å². The Morgan fingerprint density at radius 1 is 1.20 bits per heavy atom. The largest absolute Gasteiger partial charge is 0.469 e. The molecule has 0 unspecified atom stereocenters. The number of hydrogen-bond donors (Lipinski definition) is 2. The zero-order valence-corrected chi connectivity index (χ0v) is 14.4. The van der Waals surface area contributed by atoms with E-state index in [-0.39, 0.29) is 18.1 Å². The maximum absolute atomic E-state index is 12.8. The number of esters is 1. The number of amides is 2. The highest BCUT2D eigenvalue weighted by atomic mass is 19.4. The van der Waals surface area contributed by atoms with Gasteiger partial charge >= 0.3 is 18.2 Å². The van der Waals surface area contributed by atoms with E-state index in [2.05, 4.69) is 15.4 Å². The summed E-state index contributed by atoms with van der Waals surface area (Å²) in [5.74, 6) is -0.330. The maximum Gasteiger partial charge on any atom is 0.416 e. The summed E-state index contributed by atoms with van der Waals surface area (Å²) >= 11 is 0. The Balaban J connectivity index is 2.64. The zero-order chi connectivity index (χ0) is 19.0. The number of halogens is 3. The van der Waals surface area contributed by atoms with Crippen molar-refractivity contribution in [2.24, 2.45) is 0 Å². The van der Waals surface area contributed by atoms with Gasteiger partial charge in [0.15, 0.2) is 0 Å². The third-order valence-corrected chi connectivity index (χ3v) is 3.37. The lowest BCUT2D eigenvalue weighted by molar-refractivity contribution is -0.140. The van der Waals surface area contributed by atoms with E-state index < -0.39 is 17.8 Å². The fourth-order valence-electron chi connectivity index (χ4n) is 2.07. The summed E-state index contributed by atoms with van der Waals surface area (Å²) in [4.78, 5) is 24.4. The van der Waals surface area contributed by atoms with Gasteiger partial charge in [-0.05, 0) is 31.0 Å². The summed E-state index contributed by atoms with van der Waals surface area (Å²) < 4.78 is 43.0. The zero-order valence-electron chi connectivity index (χ0n) is 14.4. The first-order valence-electron chi connectivity index (χ1n) is 7.65. The number of methoxy groups -OCH3 is 1. The van der Waals surface area contributed by atoms with Gasteiger partial charge in [-0.25, -0.2) is 4.79 Å². The highest BCUT2D eigenvalue weighted by Gasteiger charge is 2.31. The molecule has 0 aliphatic heterocycles. The van der Waals surface area contributed by atoms with E-state index in [4.69, 9.17) is 0 Å². The Labute approximate surface area is 144 Å². The molecule has 0 aliphatic rings. The van der Waals surface area contributed by atoms with Gasteiger partial charge in [0.1, 0.15) is 0 Å². The van der Waals surface area contributed by atoms with Crippen LogP contribution in [0.25, 0.3) is 0 Å². The summed E-state index contributed by atoms with van der Waals surface area (Å²) in [5.41, 5.74) is -0.327. The molecule has 0 aliphatic carbocycles. The fourth-order valence-corrected chi connectivity index (χ4v) is 2.07. The Morgan fingerprint density at radius 3 is 2.44 bits per heavy atom. The molecule has 6 nitrogen and oxygen atoms in total. The van der Waals surface area contributed by atoms with E-state index in [0.717, 1.165) is 12.1 Å². The number of nitrogens with zero attached hydrogens (tertiary/aromatic N) is 1. The number of alkyl halides is 3. The molecular formula is C16H22F3N3O3.